The molecule has 3 aromatic rings. The minimum atomic E-state index is -0.479. The van der Waals surface area contributed by atoms with Gasteiger partial charge in [-0.25, -0.2) is 0 Å². The molecule has 0 radical (unpaired) electrons. The van der Waals surface area contributed by atoms with Gasteiger partial charge in [-0.1, -0.05) is 29.8 Å². The van der Waals surface area contributed by atoms with Gasteiger partial charge in [0, 0.05) is 22.9 Å². The molecule has 162 valence electrons. The van der Waals surface area contributed by atoms with Gasteiger partial charge in [0.1, 0.15) is 5.75 Å². The van der Waals surface area contributed by atoms with Crippen molar-refractivity contribution in [1.29, 1.82) is 0 Å². The fourth-order valence-electron chi connectivity index (χ4n) is 2.81. The average Bonchev–Trinajstić information content (AvgIpc) is 2.82. The topological polar surface area (TPSA) is 96.5 Å². The van der Waals surface area contributed by atoms with Crippen molar-refractivity contribution >= 4 is 29.5 Å². The summed E-state index contributed by atoms with van der Waals surface area (Å²) in [7, 11) is 1.58. The molecule has 0 saturated heterocycles. The van der Waals surface area contributed by atoms with Crippen molar-refractivity contribution in [1.82, 2.24) is 10.9 Å². The Balaban J connectivity index is 1.50. The Hall–Kier alpha value is -4.39. The molecule has 0 aromatic heterocycles. The quantitative estimate of drug-likeness (QED) is 0.411. The summed E-state index contributed by atoms with van der Waals surface area (Å²) in [6.45, 7) is 1.91. The van der Waals surface area contributed by atoms with Gasteiger partial charge in [0.05, 0.1) is 7.11 Å². The maximum Gasteiger partial charge on any atom is 0.269 e. The third-order valence-corrected chi connectivity index (χ3v) is 4.53. The molecule has 0 atom stereocenters. The largest absolute Gasteiger partial charge is 0.497 e. The number of benzene rings is 3. The van der Waals surface area contributed by atoms with Crippen LogP contribution < -0.4 is 20.9 Å². The summed E-state index contributed by atoms with van der Waals surface area (Å²) in [5, 5.41) is 2.78. The third kappa shape index (κ3) is 6.30. The molecule has 3 rings (SSSR count). The van der Waals surface area contributed by atoms with E-state index >= 15 is 0 Å². The van der Waals surface area contributed by atoms with Crippen LogP contribution in [0.25, 0.3) is 6.08 Å². The van der Waals surface area contributed by atoms with E-state index in [4.69, 9.17) is 4.74 Å². The van der Waals surface area contributed by atoms with Gasteiger partial charge in [-0.05, 0) is 67.1 Å². The first-order chi connectivity index (χ1) is 15.4. The number of ether oxygens (including phenoxy) is 1. The molecule has 0 bridgehead atoms. The van der Waals surface area contributed by atoms with E-state index in [1.165, 1.54) is 6.08 Å². The monoisotopic (exact) mass is 429 g/mol. The van der Waals surface area contributed by atoms with Crippen molar-refractivity contribution < 1.29 is 19.1 Å². The zero-order chi connectivity index (χ0) is 22.9. The van der Waals surface area contributed by atoms with Crippen molar-refractivity contribution in [3.63, 3.8) is 0 Å². The number of aryl methyl sites for hydroxylation is 1. The third-order valence-electron chi connectivity index (χ3n) is 4.53. The SMILES string of the molecule is COc1ccc(/C=C/C(=O)NNC(=O)c2ccc(NC(=O)c3cccc(C)c3)cc2)cc1. The molecule has 0 aliphatic carbocycles. The van der Waals surface area contributed by atoms with E-state index in [-0.39, 0.29) is 5.91 Å². The first-order valence-electron chi connectivity index (χ1n) is 9.85. The summed E-state index contributed by atoms with van der Waals surface area (Å²) in [5.41, 5.74) is 7.92. The number of carbonyl (C=O) groups is 3. The van der Waals surface area contributed by atoms with Crippen molar-refractivity contribution in [3.8, 4) is 5.75 Å². The van der Waals surface area contributed by atoms with E-state index in [9.17, 15) is 14.4 Å². The molecule has 0 unspecified atom stereocenters. The van der Waals surface area contributed by atoms with Gasteiger partial charge >= 0.3 is 0 Å². The average molecular weight is 429 g/mol. The van der Waals surface area contributed by atoms with Crippen LogP contribution in [-0.4, -0.2) is 24.8 Å². The Bertz CT molecular complexity index is 1140. The summed E-state index contributed by atoms with van der Waals surface area (Å²) in [5.74, 6) is -0.467. The van der Waals surface area contributed by atoms with E-state index in [1.54, 1.807) is 73.8 Å². The standard InChI is InChI=1S/C25H23N3O4/c1-17-4-3-5-20(16-17)24(30)26-21-11-9-19(10-12-21)25(31)28-27-23(29)15-8-18-6-13-22(32-2)14-7-18/h3-16H,1-2H3,(H,26,30)(H,27,29)(H,28,31)/b15-8+. The van der Waals surface area contributed by atoms with Crippen LogP contribution in [0.5, 0.6) is 5.75 Å². The Labute approximate surface area is 186 Å². The molecule has 0 aliphatic rings. The highest BCUT2D eigenvalue weighted by Crippen LogP contribution is 2.13. The van der Waals surface area contributed by atoms with E-state index in [0.29, 0.717) is 16.8 Å². The molecule has 3 amide bonds. The van der Waals surface area contributed by atoms with Crippen molar-refractivity contribution in [2.75, 3.05) is 12.4 Å². The minimum absolute atomic E-state index is 0.234. The number of hydrazine groups is 1. The molecular weight excluding hydrogens is 406 g/mol. The van der Waals surface area contributed by atoms with Crippen LogP contribution in [0.15, 0.2) is 78.9 Å². The number of rotatable bonds is 6. The van der Waals surface area contributed by atoms with Crippen molar-refractivity contribution in [3.05, 3.63) is 101 Å². The second-order valence-corrected chi connectivity index (χ2v) is 6.95. The lowest BCUT2D eigenvalue weighted by Crippen LogP contribution is -2.40. The molecule has 3 N–H and O–H groups in total. The van der Waals surface area contributed by atoms with Gasteiger partial charge < -0.3 is 10.1 Å². The highest BCUT2D eigenvalue weighted by atomic mass is 16.5. The van der Waals surface area contributed by atoms with Gasteiger partial charge in [0.15, 0.2) is 0 Å². The van der Waals surface area contributed by atoms with Crippen LogP contribution in [0.3, 0.4) is 0 Å². The van der Waals surface area contributed by atoms with Gasteiger partial charge in [0.25, 0.3) is 17.7 Å². The first kappa shape index (κ1) is 22.3. The molecular formula is C25H23N3O4. The second-order valence-electron chi connectivity index (χ2n) is 6.95. The molecule has 0 heterocycles. The Morgan fingerprint density at radius 2 is 1.53 bits per heavy atom. The lowest BCUT2D eigenvalue weighted by atomic mass is 10.1. The molecule has 3 aromatic carbocycles. The Kier molecular flexibility index (Phi) is 7.37. The summed E-state index contributed by atoms with van der Waals surface area (Å²) in [6, 6.07) is 20.8. The van der Waals surface area contributed by atoms with Gasteiger partial charge in [-0.15, -0.1) is 0 Å². The van der Waals surface area contributed by atoms with Crippen LogP contribution in [0.1, 0.15) is 31.8 Å². The fourth-order valence-corrected chi connectivity index (χ4v) is 2.81. The minimum Gasteiger partial charge on any atom is -0.497 e. The summed E-state index contributed by atoms with van der Waals surface area (Å²) < 4.78 is 5.08. The number of hydrogen-bond acceptors (Lipinski definition) is 4. The summed E-state index contributed by atoms with van der Waals surface area (Å²) in [4.78, 5) is 36.5. The fraction of sp³-hybridized carbons (Fsp3) is 0.0800. The lowest BCUT2D eigenvalue weighted by molar-refractivity contribution is -0.117. The van der Waals surface area contributed by atoms with Crippen molar-refractivity contribution in [2.45, 2.75) is 6.92 Å². The molecule has 0 fully saturated rings. The molecule has 0 aliphatic heterocycles. The molecule has 32 heavy (non-hydrogen) atoms. The summed E-state index contributed by atoms with van der Waals surface area (Å²) in [6.07, 6.45) is 2.93. The molecule has 7 nitrogen and oxygen atoms in total. The number of nitrogens with one attached hydrogen (secondary N) is 3. The van der Waals surface area contributed by atoms with Gasteiger partial charge in [0.2, 0.25) is 0 Å². The maximum atomic E-state index is 12.3. The Morgan fingerprint density at radius 3 is 2.19 bits per heavy atom. The number of hydrogen-bond donors (Lipinski definition) is 3. The zero-order valence-corrected chi connectivity index (χ0v) is 17.7. The van der Waals surface area contributed by atoms with E-state index in [0.717, 1.165) is 16.9 Å². The van der Waals surface area contributed by atoms with Crippen molar-refractivity contribution in [2.24, 2.45) is 0 Å². The van der Waals surface area contributed by atoms with E-state index in [1.807, 2.05) is 19.1 Å². The second kappa shape index (κ2) is 10.6. The van der Waals surface area contributed by atoms with Gasteiger partial charge in [-0.2, -0.15) is 0 Å². The molecule has 7 heteroatoms. The number of amides is 3. The Morgan fingerprint density at radius 1 is 0.812 bits per heavy atom. The van der Waals surface area contributed by atoms with Crippen LogP contribution in [0.2, 0.25) is 0 Å². The lowest BCUT2D eigenvalue weighted by Gasteiger charge is -2.08. The van der Waals surface area contributed by atoms with Gasteiger partial charge in [-0.3, -0.25) is 25.2 Å². The normalized spacial score (nSPS) is 10.4. The maximum absolute atomic E-state index is 12.3. The number of anilines is 1. The molecule has 0 saturated carbocycles. The first-order valence-corrected chi connectivity index (χ1v) is 9.85. The smallest absolute Gasteiger partial charge is 0.269 e. The van der Waals surface area contributed by atoms with E-state index < -0.39 is 11.8 Å². The predicted molar refractivity (Wildman–Crippen MR) is 123 cm³/mol. The van der Waals surface area contributed by atoms with Crippen LogP contribution >= 0.6 is 0 Å². The van der Waals surface area contributed by atoms with E-state index in [2.05, 4.69) is 16.2 Å². The molecule has 0 spiro atoms. The summed E-state index contributed by atoms with van der Waals surface area (Å²) >= 11 is 0. The van der Waals surface area contributed by atoms with Crippen LogP contribution in [0.4, 0.5) is 5.69 Å². The van der Waals surface area contributed by atoms with Crippen LogP contribution in [0, 0.1) is 6.92 Å². The number of methoxy groups -OCH3 is 1. The number of carbonyl (C=O) groups excluding carboxylic acids is 3. The zero-order valence-electron chi connectivity index (χ0n) is 17.7. The van der Waals surface area contributed by atoms with Crippen LogP contribution in [-0.2, 0) is 4.79 Å². The predicted octanol–water partition coefficient (Wildman–Crippen LogP) is 3.73. The highest BCUT2D eigenvalue weighted by Gasteiger charge is 2.09. The highest BCUT2D eigenvalue weighted by molar-refractivity contribution is 6.04.